The van der Waals surface area contributed by atoms with Crippen LogP contribution in [0.15, 0.2) is 54.9 Å². The summed E-state index contributed by atoms with van der Waals surface area (Å²) in [5, 5.41) is 5.80. The molecule has 150 valence electrons. The first-order valence-corrected chi connectivity index (χ1v) is 8.15. The van der Waals surface area contributed by atoms with E-state index in [0.29, 0.717) is 11.4 Å². The van der Waals surface area contributed by atoms with Gasteiger partial charge in [-0.05, 0) is 30.3 Å². The maximum absolute atomic E-state index is 12.5. The van der Waals surface area contributed by atoms with Crippen LogP contribution < -0.4 is 15.8 Å². The van der Waals surface area contributed by atoms with Crippen LogP contribution in [0.3, 0.4) is 0 Å². The van der Waals surface area contributed by atoms with Gasteiger partial charge in [0.15, 0.2) is 5.69 Å². The second-order valence-corrected chi connectivity index (χ2v) is 5.82. The van der Waals surface area contributed by atoms with Crippen molar-refractivity contribution in [2.75, 3.05) is 5.32 Å². The van der Waals surface area contributed by atoms with Gasteiger partial charge in [0.25, 0.3) is 0 Å². The fourth-order valence-corrected chi connectivity index (χ4v) is 2.30. The highest BCUT2D eigenvalue weighted by Gasteiger charge is 2.33. The Kier molecular flexibility index (Phi) is 5.48. The smallest absolute Gasteiger partial charge is 0.435 e. The first-order chi connectivity index (χ1) is 13.7. The number of primary amides is 1. The number of pyridine rings is 1. The molecule has 3 aromatic rings. The third-order valence-electron chi connectivity index (χ3n) is 3.60. The number of benzene rings is 1. The molecule has 8 nitrogen and oxygen atoms in total. The van der Waals surface area contributed by atoms with Gasteiger partial charge in [-0.15, -0.1) is 0 Å². The maximum atomic E-state index is 12.5. The molecule has 2 aromatic heterocycles. The van der Waals surface area contributed by atoms with Gasteiger partial charge in [-0.2, -0.15) is 18.3 Å². The Morgan fingerprint density at radius 3 is 2.59 bits per heavy atom. The van der Waals surface area contributed by atoms with Crippen LogP contribution in [0.2, 0.25) is 0 Å². The van der Waals surface area contributed by atoms with Crippen LogP contribution in [0.4, 0.5) is 18.9 Å². The molecule has 3 rings (SSSR count). The fraction of sp³-hybridized carbons (Fsp3) is 0.111. The molecule has 3 N–H and O–H groups in total. The van der Waals surface area contributed by atoms with Crippen molar-refractivity contribution in [1.82, 2.24) is 14.8 Å². The van der Waals surface area contributed by atoms with Gasteiger partial charge in [-0.3, -0.25) is 14.3 Å². The highest BCUT2D eigenvalue weighted by molar-refractivity contribution is 5.93. The van der Waals surface area contributed by atoms with E-state index in [0.717, 1.165) is 16.9 Å². The average molecular weight is 405 g/mol. The van der Waals surface area contributed by atoms with Crippen LogP contribution >= 0.6 is 0 Å². The standard InChI is InChI=1S/C18H14F3N5O3/c19-18(20,21)14-6-7-26(25-14)10-15(27)24-12-4-5-16(23-9-12)29-13-3-1-2-11(8-13)17(22)28/h1-9H,10H2,(H2,22,28)(H,24,27). The molecule has 2 heterocycles. The van der Waals surface area contributed by atoms with Gasteiger partial charge < -0.3 is 15.8 Å². The van der Waals surface area contributed by atoms with Crippen LogP contribution in [0.1, 0.15) is 16.1 Å². The SMILES string of the molecule is NC(=O)c1cccc(Oc2ccc(NC(=O)Cn3ccc(C(F)(F)F)n3)cn2)c1. The second-order valence-electron chi connectivity index (χ2n) is 5.82. The Labute approximate surface area is 162 Å². The fourth-order valence-electron chi connectivity index (χ4n) is 2.30. The number of rotatable bonds is 6. The summed E-state index contributed by atoms with van der Waals surface area (Å²) < 4.78 is 44.0. The number of ether oxygens (including phenoxy) is 1. The minimum Gasteiger partial charge on any atom is -0.439 e. The number of hydrogen-bond donors (Lipinski definition) is 2. The summed E-state index contributed by atoms with van der Waals surface area (Å²) >= 11 is 0. The Morgan fingerprint density at radius 1 is 1.17 bits per heavy atom. The molecule has 0 radical (unpaired) electrons. The lowest BCUT2D eigenvalue weighted by molar-refractivity contribution is -0.141. The minimum atomic E-state index is -4.57. The normalized spacial score (nSPS) is 11.1. The van der Waals surface area contributed by atoms with Gasteiger partial charge in [0.05, 0.1) is 11.9 Å². The third-order valence-corrected chi connectivity index (χ3v) is 3.60. The lowest BCUT2D eigenvalue weighted by Gasteiger charge is -2.08. The molecule has 0 spiro atoms. The zero-order valence-electron chi connectivity index (χ0n) is 14.7. The lowest BCUT2D eigenvalue weighted by atomic mass is 10.2. The number of alkyl halides is 3. The Hall–Kier alpha value is -3.89. The molecule has 1 aromatic carbocycles. The van der Waals surface area contributed by atoms with E-state index >= 15 is 0 Å². The van der Waals surface area contributed by atoms with Crippen molar-refractivity contribution in [1.29, 1.82) is 0 Å². The minimum absolute atomic E-state index is 0.200. The van der Waals surface area contributed by atoms with Gasteiger partial charge in [-0.25, -0.2) is 4.98 Å². The average Bonchev–Trinajstić information content (AvgIpc) is 3.12. The zero-order chi connectivity index (χ0) is 21.0. The highest BCUT2D eigenvalue weighted by atomic mass is 19.4. The van der Waals surface area contributed by atoms with Gasteiger partial charge in [0.1, 0.15) is 12.3 Å². The quantitative estimate of drug-likeness (QED) is 0.655. The number of nitrogens with zero attached hydrogens (tertiary/aromatic N) is 3. The van der Waals surface area contributed by atoms with E-state index in [1.165, 1.54) is 24.4 Å². The first kappa shape index (κ1) is 19.9. The summed E-state index contributed by atoms with van der Waals surface area (Å²) in [6.45, 7) is -0.395. The number of nitrogens with two attached hydrogens (primary N) is 1. The zero-order valence-corrected chi connectivity index (χ0v) is 14.7. The number of hydrogen-bond acceptors (Lipinski definition) is 5. The van der Waals surface area contributed by atoms with Crippen molar-refractivity contribution in [3.05, 3.63) is 66.1 Å². The molecule has 2 amide bonds. The predicted octanol–water partition coefficient (Wildman–Crippen LogP) is 2.83. The second kappa shape index (κ2) is 8.00. The van der Waals surface area contributed by atoms with Crippen molar-refractivity contribution in [3.8, 4) is 11.6 Å². The van der Waals surface area contributed by atoms with Crippen LogP contribution in [0.25, 0.3) is 0 Å². The highest BCUT2D eigenvalue weighted by Crippen LogP contribution is 2.27. The summed E-state index contributed by atoms with van der Waals surface area (Å²) in [5.41, 5.74) is 4.73. The van der Waals surface area contributed by atoms with Crippen LogP contribution in [-0.4, -0.2) is 26.6 Å². The van der Waals surface area contributed by atoms with E-state index in [4.69, 9.17) is 10.5 Å². The molecule has 11 heteroatoms. The van der Waals surface area contributed by atoms with E-state index in [1.54, 1.807) is 18.2 Å². The van der Waals surface area contributed by atoms with Gasteiger partial charge in [-0.1, -0.05) is 6.07 Å². The molecule has 0 aliphatic carbocycles. The molecule has 0 unspecified atom stereocenters. The molecule has 0 fully saturated rings. The maximum Gasteiger partial charge on any atom is 0.435 e. The third kappa shape index (κ3) is 5.31. The number of anilines is 1. The summed E-state index contributed by atoms with van der Waals surface area (Å²) in [6.07, 6.45) is -2.19. The van der Waals surface area contributed by atoms with E-state index in [2.05, 4.69) is 15.4 Å². The molecule has 0 aliphatic rings. The monoisotopic (exact) mass is 405 g/mol. The topological polar surface area (TPSA) is 112 Å². The van der Waals surface area contributed by atoms with Crippen molar-refractivity contribution >= 4 is 17.5 Å². The first-order valence-electron chi connectivity index (χ1n) is 8.15. The van der Waals surface area contributed by atoms with Crippen LogP contribution in [0, 0.1) is 0 Å². The Morgan fingerprint density at radius 2 is 1.97 bits per heavy atom. The number of halogens is 3. The van der Waals surface area contributed by atoms with Crippen molar-refractivity contribution < 1.29 is 27.5 Å². The molecule has 29 heavy (non-hydrogen) atoms. The number of carbonyl (C=O) groups is 2. The van der Waals surface area contributed by atoms with Crippen LogP contribution in [-0.2, 0) is 17.5 Å². The van der Waals surface area contributed by atoms with Crippen molar-refractivity contribution in [3.63, 3.8) is 0 Å². The molecule has 0 bridgehead atoms. The van der Waals surface area contributed by atoms with Gasteiger partial charge >= 0.3 is 6.18 Å². The van der Waals surface area contributed by atoms with Crippen LogP contribution in [0.5, 0.6) is 11.6 Å². The molecule has 0 saturated heterocycles. The number of carbonyl (C=O) groups excluding carboxylic acids is 2. The summed E-state index contributed by atoms with van der Waals surface area (Å²) in [5.74, 6) is -0.622. The molecular formula is C18H14F3N5O3. The number of amides is 2. The van der Waals surface area contributed by atoms with E-state index in [9.17, 15) is 22.8 Å². The number of aromatic nitrogens is 3. The molecular weight excluding hydrogens is 391 g/mol. The number of nitrogens with one attached hydrogen (secondary N) is 1. The summed E-state index contributed by atoms with van der Waals surface area (Å²) in [4.78, 5) is 27.2. The summed E-state index contributed by atoms with van der Waals surface area (Å²) in [6, 6.07) is 9.98. The molecule has 0 saturated carbocycles. The van der Waals surface area contributed by atoms with E-state index in [1.807, 2.05) is 0 Å². The lowest BCUT2D eigenvalue weighted by Crippen LogP contribution is -2.19. The predicted molar refractivity (Wildman–Crippen MR) is 95.1 cm³/mol. The van der Waals surface area contributed by atoms with Crippen molar-refractivity contribution in [2.24, 2.45) is 5.73 Å². The molecule has 0 atom stereocenters. The van der Waals surface area contributed by atoms with E-state index < -0.39 is 30.2 Å². The Bertz CT molecular complexity index is 1030. The Balaban J connectivity index is 1.59. The van der Waals surface area contributed by atoms with E-state index in [-0.39, 0.29) is 11.4 Å². The van der Waals surface area contributed by atoms with Gasteiger partial charge in [0.2, 0.25) is 17.7 Å². The summed E-state index contributed by atoms with van der Waals surface area (Å²) in [7, 11) is 0. The largest absolute Gasteiger partial charge is 0.439 e. The van der Waals surface area contributed by atoms with Gasteiger partial charge in [0, 0.05) is 17.8 Å². The van der Waals surface area contributed by atoms with Crippen molar-refractivity contribution in [2.45, 2.75) is 12.7 Å². The molecule has 0 aliphatic heterocycles.